The van der Waals surface area contributed by atoms with Crippen LogP contribution in [-0.2, 0) is 4.79 Å². The van der Waals surface area contributed by atoms with Crippen molar-refractivity contribution in [2.24, 2.45) is 5.10 Å². The van der Waals surface area contributed by atoms with Crippen LogP contribution in [0.15, 0.2) is 41.5 Å². The van der Waals surface area contributed by atoms with Crippen LogP contribution in [-0.4, -0.2) is 42.6 Å². The first-order valence-corrected chi connectivity index (χ1v) is 8.59. The van der Waals surface area contributed by atoms with E-state index in [9.17, 15) is 15.0 Å². The number of nitrogens with one attached hydrogen (secondary N) is 3. The number of hydrogen-bond acceptors (Lipinski definition) is 8. The van der Waals surface area contributed by atoms with Gasteiger partial charge in [-0.05, 0) is 47.9 Å². The van der Waals surface area contributed by atoms with Crippen LogP contribution < -0.4 is 25.8 Å². The highest BCUT2D eigenvalue weighted by atomic mass is 16.5. The number of phenols is 2. The molecule has 2 atom stereocenters. The minimum atomic E-state index is -0.469. The summed E-state index contributed by atoms with van der Waals surface area (Å²) < 4.78 is 10.6. The zero-order chi connectivity index (χ0) is 20.1. The fourth-order valence-corrected chi connectivity index (χ4v) is 2.89. The second-order valence-electron chi connectivity index (χ2n) is 6.23. The molecule has 0 bridgehead atoms. The van der Waals surface area contributed by atoms with Crippen LogP contribution in [0.5, 0.6) is 23.0 Å². The van der Waals surface area contributed by atoms with Crippen molar-refractivity contribution in [1.82, 2.24) is 16.3 Å². The monoisotopic (exact) mass is 386 g/mol. The summed E-state index contributed by atoms with van der Waals surface area (Å²) in [6.45, 7) is 0. The molecular formula is C19H22N4O5. The largest absolute Gasteiger partial charge is 0.504 e. The number of aromatic hydroxyl groups is 2. The number of phenolic OH excluding ortho intramolecular Hbond substituents is 2. The molecule has 1 heterocycles. The number of nitrogens with zero attached hydrogens (tertiary/aromatic N) is 1. The normalized spacial score (nSPS) is 18.9. The highest BCUT2D eigenvalue weighted by Crippen LogP contribution is 2.32. The Morgan fingerprint density at radius 3 is 2.61 bits per heavy atom. The Balaban J connectivity index is 1.58. The molecule has 148 valence electrons. The fraction of sp³-hybridized carbons (Fsp3) is 0.263. The average molecular weight is 386 g/mol. The molecular weight excluding hydrogens is 364 g/mol. The zero-order valence-corrected chi connectivity index (χ0v) is 15.5. The second-order valence-corrected chi connectivity index (χ2v) is 6.23. The number of hydrazone groups is 1. The summed E-state index contributed by atoms with van der Waals surface area (Å²) in [5.41, 5.74) is 10.0. The third-order valence-electron chi connectivity index (χ3n) is 4.42. The van der Waals surface area contributed by atoms with E-state index in [-0.39, 0.29) is 23.4 Å². The van der Waals surface area contributed by atoms with Gasteiger partial charge in [0.05, 0.1) is 20.4 Å². The lowest BCUT2D eigenvalue weighted by atomic mass is 10.0. The van der Waals surface area contributed by atoms with Gasteiger partial charge in [0.15, 0.2) is 23.0 Å². The van der Waals surface area contributed by atoms with Gasteiger partial charge in [-0.1, -0.05) is 6.07 Å². The van der Waals surface area contributed by atoms with E-state index in [2.05, 4.69) is 21.4 Å². The lowest BCUT2D eigenvalue weighted by molar-refractivity contribution is -0.122. The number of benzene rings is 2. The highest BCUT2D eigenvalue weighted by molar-refractivity contribution is 5.85. The molecule has 9 nitrogen and oxygen atoms in total. The molecule has 0 aliphatic carbocycles. The number of methoxy groups -OCH3 is 2. The Morgan fingerprint density at radius 2 is 1.89 bits per heavy atom. The number of amides is 1. The van der Waals surface area contributed by atoms with Crippen molar-refractivity contribution in [2.75, 3.05) is 14.2 Å². The van der Waals surface area contributed by atoms with Crippen LogP contribution in [0.3, 0.4) is 0 Å². The average Bonchev–Trinajstić information content (AvgIpc) is 3.20. The standard InChI is InChI=1S/C19H22N4O5/c1-27-17-6-4-12(8-18(17)28-2)13-9-14(22-21-13)19(26)23-20-10-11-3-5-15(24)16(25)7-11/h3-8,10,13-14,21-22,24-25H,9H2,1-2H3,(H,23,26)/b20-10+. The minimum absolute atomic E-state index is 0.0754. The van der Waals surface area contributed by atoms with E-state index in [1.165, 1.54) is 18.3 Å². The van der Waals surface area contributed by atoms with Gasteiger partial charge in [-0.2, -0.15) is 5.10 Å². The second kappa shape index (κ2) is 8.59. The van der Waals surface area contributed by atoms with E-state index in [1.807, 2.05) is 18.2 Å². The number of carbonyl (C=O) groups excluding carboxylic acids is 1. The van der Waals surface area contributed by atoms with Gasteiger partial charge < -0.3 is 19.7 Å². The molecule has 2 unspecified atom stereocenters. The summed E-state index contributed by atoms with van der Waals surface area (Å²) in [7, 11) is 3.15. The molecule has 1 fully saturated rings. The van der Waals surface area contributed by atoms with Crippen LogP contribution in [0, 0.1) is 0 Å². The van der Waals surface area contributed by atoms with E-state index < -0.39 is 6.04 Å². The molecule has 2 aromatic carbocycles. The Hall–Kier alpha value is -3.30. The molecule has 9 heteroatoms. The maximum Gasteiger partial charge on any atom is 0.258 e. The molecule has 0 aromatic heterocycles. The van der Waals surface area contributed by atoms with Crippen molar-refractivity contribution in [2.45, 2.75) is 18.5 Å². The molecule has 2 aromatic rings. The number of hydrazine groups is 1. The number of ether oxygens (including phenoxy) is 2. The molecule has 28 heavy (non-hydrogen) atoms. The molecule has 5 N–H and O–H groups in total. The summed E-state index contributed by atoms with van der Waals surface area (Å²) in [5.74, 6) is 0.491. The van der Waals surface area contributed by atoms with Crippen molar-refractivity contribution in [3.05, 3.63) is 47.5 Å². The lowest BCUT2D eigenvalue weighted by Gasteiger charge is -2.13. The van der Waals surface area contributed by atoms with Crippen molar-refractivity contribution in [3.8, 4) is 23.0 Å². The zero-order valence-electron chi connectivity index (χ0n) is 15.5. The van der Waals surface area contributed by atoms with Crippen molar-refractivity contribution >= 4 is 12.1 Å². The quantitative estimate of drug-likeness (QED) is 0.287. The van der Waals surface area contributed by atoms with Gasteiger partial charge in [0.1, 0.15) is 6.04 Å². The van der Waals surface area contributed by atoms with Crippen molar-refractivity contribution in [3.63, 3.8) is 0 Å². The van der Waals surface area contributed by atoms with Crippen LogP contribution in [0.25, 0.3) is 0 Å². The first-order chi connectivity index (χ1) is 13.5. The topological polar surface area (TPSA) is 124 Å². The highest BCUT2D eigenvalue weighted by Gasteiger charge is 2.30. The molecule has 0 saturated carbocycles. The maximum absolute atomic E-state index is 12.3. The van der Waals surface area contributed by atoms with Crippen molar-refractivity contribution in [1.29, 1.82) is 0 Å². The lowest BCUT2D eigenvalue weighted by Crippen LogP contribution is -2.41. The van der Waals surface area contributed by atoms with E-state index in [4.69, 9.17) is 9.47 Å². The van der Waals surface area contributed by atoms with E-state index in [1.54, 1.807) is 20.3 Å². The Morgan fingerprint density at radius 1 is 1.11 bits per heavy atom. The molecule has 1 aliphatic rings. The number of hydrogen-bond donors (Lipinski definition) is 5. The van der Waals surface area contributed by atoms with Gasteiger partial charge >= 0.3 is 0 Å². The van der Waals surface area contributed by atoms with Crippen LogP contribution >= 0.6 is 0 Å². The number of carbonyl (C=O) groups is 1. The van der Waals surface area contributed by atoms with Crippen LogP contribution in [0.4, 0.5) is 0 Å². The third-order valence-corrected chi connectivity index (χ3v) is 4.42. The van der Waals surface area contributed by atoms with Gasteiger partial charge in [0.2, 0.25) is 0 Å². The fourth-order valence-electron chi connectivity index (χ4n) is 2.89. The van der Waals surface area contributed by atoms with Crippen LogP contribution in [0.2, 0.25) is 0 Å². The molecule has 0 spiro atoms. The van der Waals surface area contributed by atoms with Crippen LogP contribution in [0.1, 0.15) is 23.6 Å². The van der Waals surface area contributed by atoms with E-state index >= 15 is 0 Å². The minimum Gasteiger partial charge on any atom is -0.504 e. The van der Waals surface area contributed by atoms with E-state index in [0.29, 0.717) is 23.5 Å². The summed E-state index contributed by atoms with van der Waals surface area (Å²) in [6, 6.07) is 9.30. The molecule has 3 rings (SSSR count). The first kappa shape index (κ1) is 19.5. The van der Waals surface area contributed by atoms with E-state index in [0.717, 1.165) is 5.56 Å². The van der Waals surface area contributed by atoms with Gasteiger partial charge in [0, 0.05) is 6.04 Å². The van der Waals surface area contributed by atoms with Gasteiger partial charge in [-0.15, -0.1) is 0 Å². The first-order valence-electron chi connectivity index (χ1n) is 8.59. The third kappa shape index (κ3) is 4.33. The molecule has 1 aliphatic heterocycles. The van der Waals surface area contributed by atoms with Crippen molar-refractivity contribution < 1.29 is 24.5 Å². The van der Waals surface area contributed by atoms with Gasteiger partial charge in [-0.25, -0.2) is 16.3 Å². The summed E-state index contributed by atoms with van der Waals surface area (Å²) in [6.07, 6.45) is 1.90. The maximum atomic E-state index is 12.3. The Labute approximate surface area is 161 Å². The molecule has 1 amide bonds. The predicted octanol–water partition coefficient (Wildman–Crippen LogP) is 1.17. The summed E-state index contributed by atoms with van der Waals surface area (Å²) in [5, 5.41) is 22.6. The number of rotatable bonds is 6. The van der Waals surface area contributed by atoms with Gasteiger partial charge in [0.25, 0.3) is 5.91 Å². The summed E-state index contributed by atoms with van der Waals surface area (Å²) in [4.78, 5) is 12.3. The SMILES string of the molecule is COc1ccc(C2CC(C(=O)N/N=C/c3ccc(O)c(O)c3)NN2)cc1OC. The molecule has 0 radical (unpaired) electrons. The molecule has 1 saturated heterocycles. The Kier molecular flexibility index (Phi) is 5.97. The predicted molar refractivity (Wildman–Crippen MR) is 102 cm³/mol. The van der Waals surface area contributed by atoms with Gasteiger partial charge in [-0.3, -0.25) is 4.79 Å². The Bertz CT molecular complexity index is 887. The summed E-state index contributed by atoms with van der Waals surface area (Å²) >= 11 is 0. The smallest absolute Gasteiger partial charge is 0.258 e.